The Hall–Kier alpha value is -1.39. The van der Waals surface area contributed by atoms with Crippen molar-refractivity contribution in [2.45, 2.75) is 52.3 Å². The van der Waals surface area contributed by atoms with Gasteiger partial charge < -0.3 is 15.7 Å². The number of rotatable bonds is 5. The van der Waals surface area contributed by atoms with Crippen molar-refractivity contribution >= 4 is 11.6 Å². The number of aliphatic hydroxyl groups is 1. The van der Waals surface area contributed by atoms with Crippen molar-refractivity contribution in [1.82, 2.24) is 5.32 Å². The van der Waals surface area contributed by atoms with Crippen molar-refractivity contribution in [1.29, 1.82) is 0 Å². The first-order valence-corrected chi connectivity index (χ1v) is 6.56. The van der Waals surface area contributed by atoms with Gasteiger partial charge in [-0.2, -0.15) is 0 Å². The highest BCUT2D eigenvalue weighted by Crippen LogP contribution is 2.20. The van der Waals surface area contributed by atoms with E-state index < -0.39 is 5.60 Å². The van der Waals surface area contributed by atoms with Crippen LogP contribution < -0.4 is 10.6 Å². The monoisotopic (exact) mass is 264 g/mol. The van der Waals surface area contributed by atoms with Gasteiger partial charge in [0.05, 0.1) is 5.60 Å². The van der Waals surface area contributed by atoms with E-state index in [9.17, 15) is 9.90 Å². The average molecular weight is 264 g/mol. The van der Waals surface area contributed by atoms with Crippen LogP contribution in [0.4, 0.5) is 5.69 Å². The van der Waals surface area contributed by atoms with E-state index in [4.69, 9.17) is 0 Å². The van der Waals surface area contributed by atoms with Gasteiger partial charge in [0.2, 0.25) is 5.91 Å². The summed E-state index contributed by atoms with van der Waals surface area (Å²) in [5.41, 5.74) is 1.08. The largest absolute Gasteiger partial charge is 0.389 e. The van der Waals surface area contributed by atoms with Crippen molar-refractivity contribution < 1.29 is 9.90 Å². The minimum atomic E-state index is -0.774. The molecule has 1 aromatic rings. The highest BCUT2D eigenvalue weighted by atomic mass is 16.3. The summed E-state index contributed by atoms with van der Waals surface area (Å²) in [6.07, 6.45) is 0. The van der Waals surface area contributed by atoms with E-state index >= 15 is 0 Å². The van der Waals surface area contributed by atoms with Crippen LogP contribution in [0, 0.1) is 0 Å². The molecule has 0 bridgehead atoms. The van der Waals surface area contributed by atoms with Crippen LogP contribution in [0.2, 0.25) is 0 Å². The lowest BCUT2D eigenvalue weighted by molar-refractivity contribution is -0.114. The fourth-order valence-corrected chi connectivity index (χ4v) is 1.76. The lowest BCUT2D eigenvalue weighted by Crippen LogP contribution is -2.45. The number of carbonyl (C=O) groups excluding carboxylic acids is 1. The van der Waals surface area contributed by atoms with Gasteiger partial charge in [-0.15, -0.1) is 0 Å². The highest BCUT2D eigenvalue weighted by molar-refractivity contribution is 5.88. The van der Waals surface area contributed by atoms with Crippen molar-refractivity contribution in [2.75, 3.05) is 5.32 Å². The first-order chi connectivity index (χ1) is 8.70. The quantitative estimate of drug-likeness (QED) is 0.765. The molecule has 0 aromatic heterocycles. The van der Waals surface area contributed by atoms with Gasteiger partial charge in [0, 0.05) is 24.7 Å². The van der Waals surface area contributed by atoms with Gasteiger partial charge in [-0.25, -0.2) is 0 Å². The van der Waals surface area contributed by atoms with Gasteiger partial charge >= 0.3 is 0 Å². The van der Waals surface area contributed by atoms with E-state index in [1.807, 2.05) is 38.1 Å². The zero-order chi connectivity index (χ0) is 14.6. The molecule has 0 fully saturated rings. The summed E-state index contributed by atoms with van der Waals surface area (Å²) >= 11 is 0. The van der Waals surface area contributed by atoms with Crippen molar-refractivity contribution in [3.8, 4) is 0 Å². The molecule has 3 N–H and O–H groups in total. The lowest BCUT2D eigenvalue weighted by Gasteiger charge is -2.30. The highest BCUT2D eigenvalue weighted by Gasteiger charge is 2.23. The molecular formula is C15H24N2O2. The zero-order valence-electron chi connectivity index (χ0n) is 12.3. The third-order valence-corrected chi connectivity index (χ3v) is 3.27. The van der Waals surface area contributed by atoms with Gasteiger partial charge in [0.25, 0.3) is 0 Å². The first kappa shape index (κ1) is 15.7. The molecule has 4 heteroatoms. The van der Waals surface area contributed by atoms with Crippen LogP contribution in [-0.2, 0) is 4.79 Å². The summed E-state index contributed by atoms with van der Waals surface area (Å²) in [5.74, 6) is -0.0809. The summed E-state index contributed by atoms with van der Waals surface area (Å²) in [7, 11) is 0. The third-order valence-electron chi connectivity index (χ3n) is 3.27. The summed E-state index contributed by atoms with van der Waals surface area (Å²) in [4.78, 5) is 11.0. The summed E-state index contributed by atoms with van der Waals surface area (Å²) in [6.45, 7) is 9.05. The Morgan fingerprint density at radius 3 is 2.47 bits per heavy atom. The van der Waals surface area contributed by atoms with Crippen LogP contribution >= 0.6 is 0 Å². The number of hydrogen-bond acceptors (Lipinski definition) is 3. The molecule has 0 saturated heterocycles. The molecule has 1 aromatic carbocycles. The molecule has 4 nitrogen and oxygen atoms in total. The number of amides is 1. The fourth-order valence-electron chi connectivity index (χ4n) is 1.76. The molecule has 0 heterocycles. The minimum absolute atomic E-state index is 0.0353. The Morgan fingerprint density at radius 1 is 1.32 bits per heavy atom. The molecule has 2 unspecified atom stereocenters. The van der Waals surface area contributed by atoms with Crippen molar-refractivity contribution in [2.24, 2.45) is 0 Å². The number of nitrogens with one attached hydrogen (secondary N) is 2. The summed E-state index contributed by atoms with van der Waals surface area (Å²) < 4.78 is 0. The number of hydrogen-bond donors (Lipinski definition) is 3. The second-order valence-corrected chi connectivity index (χ2v) is 5.57. The maximum atomic E-state index is 11.0. The van der Waals surface area contributed by atoms with Gasteiger partial charge in [-0.3, -0.25) is 4.79 Å². The second kappa shape index (κ2) is 6.17. The van der Waals surface area contributed by atoms with E-state index in [1.165, 1.54) is 6.92 Å². The Morgan fingerprint density at radius 2 is 1.95 bits per heavy atom. The van der Waals surface area contributed by atoms with Crippen LogP contribution in [-0.4, -0.2) is 22.7 Å². The molecular weight excluding hydrogens is 240 g/mol. The predicted molar refractivity (Wildman–Crippen MR) is 78.1 cm³/mol. The van der Waals surface area contributed by atoms with Gasteiger partial charge in [-0.1, -0.05) is 12.1 Å². The molecule has 2 atom stereocenters. The van der Waals surface area contributed by atoms with Crippen LogP contribution in [0.3, 0.4) is 0 Å². The smallest absolute Gasteiger partial charge is 0.221 e. The molecule has 0 aliphatic carbocycles. The van der Waals surface area contributed by atoms with Crippen LogP contribution in [0.5, 0.6) is 0 Å². The molecule has 106 valence electrons. The first-order valence-electron chi connectivity index (χ1n) is 6.56. The Bertz CT molecular complexity index is 438. The Kier molecular flexibility index (Phi) is 5.09. The normalized spacial score (nSPS) is 14.8. The molecule has 0 aliphatic rings. The molecule has 0 aliphatic heterocycles. The molecule has 0 radical (unpaired) electrons. The maximum Gasteiger partial charge on any atom is 0.221 e. The molecule has 0 spiro atoms. The molecule has 19 heavy (non-hydrogen) atoms. The van der Waals surface area contributed by atoms with Gasteiger partial charge in [-0.05, 0) is 45.4 Å². The average Bonchev–Trinajstić information content (AvgIpc) is 2.27. The number of benzene rings is 1. The third kappa shape index (κ3) is 5.01. The molecule has 1 amide bonds. The zero-order valence-corrected chi connectivity index (χ0v) is 12.3. The SMILES string of the molecule is CC(=O)Nc1cccc(C(C)NC(C)C(C)(C)O)c1. The predicted octanol–water partition coefficient (Wildman–Crippen LogP) is 2.46. The standard InChI is InChI=1S/C15H24N2O2/c1-10(16-11(2)15(4,5)19)13-7-6-8-14(9-13)17-12(3)18/h6-11,16,19H,1-5H3,(H,17,18). The number of anilines is 1. The Balaban J connectivity index is 2.77. The Labute approximate surface area is 115 Å². The van der Waals surface area contributed by atoms with E-state index in [0.717, 1.165) is 11.3 Å². The van der Waals surface area contributed by atoms with Crippen LogP contribution in [0.1, 0.15) is 46.2 Å². The van der Waals surface area contributed by atoms with Gasteiger partial charge in [0.1, 0.15) is 0 Å². The van der Waals surface area contributed by atoms with Crippen molar-refractivity contribution in [3.05, 3.63) is 29.8 Å². The summed E-state index contributed by atoms with van der Waals surface area (Å²) in [5, 5.41) is 16.1. The summed E-state index contributed by atoms with van der Waals surface area (Å²) in [6, 6.07) is 7.77. The topological polar surface area (TPSA) is 61.4 Å². The van der Waals surface area contributed by atoms with Crippen LogP contribution in [0.15, 0.2) is 24.3 Å². The van der Waals surface area contributed by atoms with E-state index in [1.54, 1.807) is 13.8 Å². The molecule has 1 rings (SSSR count). The molecule has 0 saturated carbocycles. The second-order valence-electron chi connectivity index (χ2n) is 5.57. The maximum absolute atomic E-state index is 11.0. The van der Waals surface area contributed by atoms with E-state index in [0.29, 0.717) is 0 Å². The van der Waals surface area contributed by atoms with E-state index in [2.05, 4.69) is 10.6 Å². The van der Waals surface area contributed by atoms with Gasteiger partial charge in [0.15, 0.2) is 0 Å². The van der Waals surface area contributed by atoms with Crippen LogP contribution in [0.25, 0.3) is 0 Å². The van der Waals surface area contributed by atoms with E-state index in [-0.39, 0.29) is 18.0 Å². The van der Waals surface area contributed by atoms with Crippen molar-refractivity contribution in [3.63, 3.8) is 0 Å². The lowest BCUT2D eigenvalue weighted by atomic mass is 9.98. The number of carbonyl (C=O) groups is 1. The fraction of sp³-hybridized carbons (Fsp3) is 0.533. The minimum Gasteiger partial charge on any atom is -0.389 e.